The van der Waals surface area contributed by atoms with E-state index in [4.69, 9.17) is 4.74 Å². The highest BCUT2D eigenvalue weighted by molar-refractivity contribution is 6.11. The summed E-state index contributed by atoms with van der Waals surface area (Å²) in [6.45, 7) is 1.66. The molecule has 4 nitrogen and oxygen atoms in total. The van der Waals surface area contributed by atoms with Gasteiger partial charge in [0.25, 0.3) is 0 Å². The Kier molecular flexibility index (Phi) is 2.54. The first-order chi connectivity index (χ1) is 5.04. The zero-order valence-electron chi connectivity index (χ0n) is 6.64. The SMILES string of the molecule is B[C@@H]1OC(C)[C@@H](O)C(O)[C@@H]1O. The molecule has 0 amide bonds. The summed E-state index contributed by atoms with van der Waals surface area (Å²) in [5.41, 5.74) is 0. The maximum absolute atomic E-state index is 9.21. The van der Waals surface area contributed by atoms with Gasteiger partial charge in [-0.2, -0.15) is 0 Å². The normalized spacial score (nSPS) is 52.5. The van der Waals surface area contributed by atoms with Gasteiger partial charge in [-0.3, -0.25) is 0 Å². The minimum Gasteiger partial charge on any atom is -0.388 e. The number of rotatable bonds is 0. The number of hydrogen-bond donors (Lipinski definition) is 3. The lowest BCUT2D eigenvalue weighted by atomic mass is 9.85. The van der Waals surface area contributed by atoms with Crippen LogP contribution in [-0.2, 0) is 4.74 Å². The van der Waals surface area contributed by atoms with Crippen molar-refractivity contribution in [3.8, 4) is 0 Å². The summed E-state index contributed by atoms with van der Waals surface area (Å²) in [5.74, 6) is 0. The van der Waals surface area contributed by atoms with Crippen LogP contribution >= 0.6 is 0 Å². The molecule has 0 aliphatic carbocycles. The van der Waals surface area contributed by atoms with Crippen LogP contribution in [0.5, 0.6) is 0 Å². The Morgan fingerprint density at radius 1 is 1.09 bits per heavy atom. The van der Waals surface area contributed by atoms with Gasteiger partial charge in [0.2, 0.25) is 0 Å². The summed E-state index contributed by atoms with van der Waals surface area (Å²) in [6, 6.07) is -0.414. The van der Waals surface area contributed by atoms with Crippen molar-refractivity contribution in [3.05, 3.63) is 0 Å². The van der Waals surface area contributed by atoms with Crippen LogP contribution in [0, 0.1) is 0 Å². The third-order valence-electron chi connectivity index (χ3n) is 2.09. The number of aliphatic hydroxyl groups is 3. The molecule has 1 fully saturated rings. The Morgan fingerprint density at radius 3 is 2.18 bits per heavy atom. The molecule has 3 N–H and O–H groups in total. The van der Waals surface area contributed by atoms with Crippen LogP contribution in [0.4, 0.5) is 0 Å². The first-order valence-corrected chi connectivity index (χ1v) is 3.73. The molecule has 1 rings (SSSR count). The monoisotopic (exact) mass is 160 g/mol. The van der Waals surface area contributed by atoms with E-state index in [9.17, 15) is 15.3 Å². The van der Waals surface area contributed by atoms with Crippen LogP contribution in [0.2, 0.25) is 0 Å². The quantitative estimate of drug-likeness (QED) is 0.341. The lowest BCUT2D eigenvalue weighted by Gasteiger charge is -2.38. The van der Waals surface area contributed by atoms with Crippen LogP contribution in [-0.4, -0.2) is 53.6 Å². The predicted octanol–water partition coefficient (Wildman–Crippen LogP) is -2.55. The number of ether oxygens (including phenoxy) is 1. The van der Waals surface area contributed by atoms with Crippen molar-refractivity contribution in [2.75, 3.05) is 0 Å². The molecule has 0 spiro atoms. The van der Waals surface area contributed by atoms with Crippen molar-refractivity contribution in [2.45, 2.75) is 37.3 Å². The fourth-order valence-corrected chi connectivity index (χ4v) is 1.26. The summed E-state index contributed by atoms with van der Waals surface area (Å²) in [7, 11) is 1.66. The lowest BCUT2D eigenvalue weighted by Crippen LogP contribution is -2.56. The van der Waals surface area contributed by atoms with Crippen molar-refractivity contribution >= 4 is 7.85 Å². The van der Waals surface area contributed by atoms with Gasteiger partial charge < -0.3 is 20.1 Å². The molecule has 0 bridgehead atoms. The van der Waals surface area contributed by atoms with Crippen LogP contribution in [0.15, 0.2) is 0 Å². The zero-order chi connectivity index (χ0) is 8.59. The molecular formula is C6H13BO4. The van der Waals surface area contributed by atoms with Crippen molar-refractivity contribution in [1.29, 1.82) is 0 Å². The predicted molar refractivity (Wildman–Crippen MR) is 40.9 cm³/mol. The maximum atomic E-state index is 9.21. The maximum Gasteiger partial charge on any atom is 0.142 e. The summed E-state index contributed by atoms with van der Waals surface area (Å²) in [6.07, 6.45) is -3.47. The van der Waals surface area contributed by atoms with Crippen LogP contribution in [0.25, 0.3) is 0 Å². The molecule has 1 aliphatic heterocycles. The first kappa shape index (κ1) is 9.00. The van der Waals surface area contributed by atoms with E-state index in [-0.39, 0.29) is 0 Å². The molecule has 0 aromatic heterocycles. The van der Waals surface area contributed by atoms with Gasteiger partial charge in [0.05, 0.1) is 12.1 Å². The molecule has 0 aromatic rings. The van der Waals surface area contributed by atoms with Gasteiger partial charge in [-0.1, -0.05) is 0 Å². The molecule has 0 radical (unpaired) electrons. The van der Waals surface area contributed by atoms with E-state index in [1.54, 1.807) is 14.8 Å². The van der Waals surface area contributed by atoms with E-state index in [0.717, 1.165) is 0 Å². The van der Waals surface area contributed by atoms with Crippen LogP contribution in [0.3, 0.4) is 0 Å². The average molecular weight is 160 g/mol. The lowest BCUT2D eigenvalue weighted by molar-refractivity contribution is -0.194. The van der Waals surface area contributed by atoms with E-state index in [2.05, 4.69) is 0 Å². The molecule has 0 saturated carbocycles. The smallest absolute Gasteiger partial charge is 0.142 e. The molecule has 1 heterocycles. The largest absolute Gasteiger partial charge is 0.388 e. The van der Waals surface area contributed by atoms with Gasteiger partial charge in [-0.05, 0) is 6.92 Å². The van der Waals surface area contributed by atoms with Crippen LogP contribution < -0.4 is 0 Å². The fourth-order valence-electron chi connectivity index (χ4n) is 1.26. The van der Waals surface area contributed by atoms with Gasteiger partial charge in [0.1, 0.15) is 26.2 Å². The molecule has 1 saturated heterocycles. The zero-order valence-corrected chi connectivity index (χ0v) is 6.64. The van der Waals surface area contributed by atoms with Crippen molar-refractivity contribution in [3.63, 3.8) is 0 Å². The van der Waals surface area contributed by atoms with E-state index in [0.29, 0.717) is 0 Å². The Bertz CT molecular complexity index is 129. The molecular weight excluding hydrogens is 147 g/mol. The van der Waals surface area contributed by atoms with Crippen molar-refractivity contribution < 1.29 is 20.1 Å². The Morgan fingerprint density at radius 2 is 1.64 bits per heavy atom. The van der Waals surface area contributed by atoms with E-state index >= 15 is 0 Å². The Labute approximate surface area is 66.2 Å². The summed E-state index contributed by atoms with van der Waals surface area (Å²) < 4.78 is 5.12. The van der Waals surface area contributed by atoms with E-state index in [1.165, 1.54) is 0 Å². The molecule has 5 heteroatoms. The van der Waals surface area contributed by atoms with E-state index < -0.39 is 30.4 Å². The Balaban J connectivity index is 2.63. The summed E-state index contributed by atoms with van der Waals surface area (Å²) in [4.78, 5) is 0. The molecule has 1 aliphatic rings. The van der Waals surface area contributed by atoms with Gasteiger partial charge in [-0.15, -0.1) is 0 Å². The summed E-state index contributed by atoms with van der Waals surface area (Å²) >= 11 is 0. The van der Waals surface area contributed by atoms with Gasteiger partial charge in [0.15, 0.2) is 0 Å². The van der Waals surface area contributed by atoms with Gasteiger partial charge in [0, 0.05) is 0 Å². The highest BCUT2D eigenvalue weighted by Crippen LogP contribution is 2.18. The highest BCUT2D eigenvalue weighted by atomic mass is 16.5. The van der Waals surface area contributed by atoms with Crippen molar-refractivity contribution in [2.24, 2.45) is 0 Å². The molecule has 2 unspecified atom stereocenters. The minimum atomic E-state index is -1.09. The molecule has 64 valence electrons. The van der Waals surface area contributed by atoms with Crippen molar-refractivity contribution in [1.82, 2.24) is 0 Å². The highest BCUT2D eigenvalue weighted by Gasteiger charge is 2.39. The second-order valence-electron chi connectivity index (χ2n) is 3.02. The van der Waals surface area contributed by atoms with Crippen LogP contribution in [0.1, 0.15) is 6.92 Å². The second-order valence-corrected chi connectivity index (χ2v) is 3.02. The molecule has 11 heavy (non-hydrogen) atoms. The fraction of sp³-hybridized carbons (Fsp3) is 1.00. The van der Waals surface area contributed by atoms with Gasteiger partial charge >= 0.3 is 0 Å². The second kappa shape index (κ2) is 3.10. The summed E-state index contributed by atoms with van der Waals surface area (Å²) in [5, 5.41) is 27.6. The third kappa shape index (κ3) is 1.56. The average Bonchev–Trinajstić information content (AvgIpc) is 1.97. The van der Waals surface area contributed by atoms with E-state index in [1.807, 2.05) is 0 Å². The first-order valence-electron chi connectivity index (χ1n) is 3.73. The van der Waals surface area contributed by atoms with Gasteiger partial charge in [-0.25, -0.2) is 0 Å². The third-order valence-corrected chi connectivity index (χ3v) is 2.09. The Hall–Kier alpha value is -0.0951. The molecule has 5 atom stereocenters. The standard InChI is InChI=1S/C6H13BO4/c1-2-3(8)4(9)5(10)6(7)11-2/h2-6,8-10H,7H2,1H3/t2?,3-,4?,5+,6-/m1/s1. The molecule has 0 aromatic carbocycles. The topological polar surface area (TPSA) is 69.9 Å². The number of hydrogen-bond acceptors (Lipinski definition) is 4. The number of aliphatic hydroxyl groups excluding tert-OH is 3. The minimum absolute atomic E-state index is 0.414.